The molecule has 0 radical (unpaired) electrons. The van der Waals surface area contributed by atoms with E-state index in [-0.39, 0.29) is 0 Å². The molecule has 0 aromatic rings. The van der Waals surface area contributed by atoms with Crippen LogP contribution in [-0.4, -0.2) is 42.7 Å². The van der Waals surface area contributed by atoms with E-state index < -0.39 is 18.4 Å². The van der Waals surface area contributed by atoms with Crippen LogP contribution in [0.15, 0.2) is 0 Å². The molecule has 10 heavy (non-hydrogen) atoms. The minimum atomic E-state index is -2.39. The molecule has 0 amide bonds. The first-order chi connectivity index (χ1) is 4.61. The molecule has 1 saturated heterocycles. The predicted octanol–water partition coefficient (Wildman–Crippen LogP) is 0.174. The molecule has 2 nitrogen and oxygen atoms in total. The standard InChI is InChI=1S/C6H11F2NO/c1-9-2-4(6(7)8)5(10)3-9/h4-6,10H,2-3H2,1H3/t4?,5-/m1/s1. The highest BCUT2D eigenvalue weighted by molar-refractivity contribution is 4.82. The zero-order valence-electron chi connectivity index (χ0n) is 5.80. The summed E-state index contributed by atoms with van der Waals surface area (Å²) in [5.41, 5.74) is 0. The average molecular weight is 151 g/mol. The van der Waals surface area contributed by atoms with Crippen LogP contribution < -0.4 is 0 Å². The highest BCUT2D eigenvalue weighted by Gasteiger charge is 2.35. The van der Waals surface area contributed by atoms with Crippen molar-refractivity contribution in [2.24, 2.45) is 5.92 Å². The Morgan fingerprint density at radius 1 is 1.50 bits per heavy atom. The quantitative estimate of drug-likeness (QED) is 0.577. The number of alkyl halides is 2. The first-order valence-corrected chi connectivity index (χ1v) is 3.26. The molecule has 1 heterocycles. The first kappa shape index (κ1) is 7.88. The Bertz CT molecular complexity index is 120. The number of likely N-dealkylation sites (N-methyl/N-ethyl adjacent to an activating group) is 1. The second-order valence-electron chi connectivity index (χ2n) is 2.79. The molecule has 0 aromatic heterocycles. The Kier molecular flexibility index (Phi) is 2.21. The van der Waals surface area contributed by atoms with Crippen molar-refractivity contribution in [1.29, 1.82) is 0 Å². The average Bonchev–Trinajstić information content (AvgIpc) is 2.10. The third kappa shape index (κ3) is 1.44. The van der Waals surface area contributed by atoms with Gasteiger partial charge in [-0.1, -0.05) is 0 Å². The minimum Gasteiger partial charge on any atom is -0.391 e. The Morgan fingerprint density at radius 2 is 2.10 bits per heavy atom. The van der Waals surface area contributed by atoms with Crippen molar-refractivity contribution in [3.63, 3.8) is 0 Å². The van der Waals surface area contributed by atoms with E-state index in [1.165, 1.54) is 0 Å². The van der Waals surface area contributed by atoms with Crippen LogP contribution in [0.2, 0.25) is 0 Å². The van der Waals surface area contributed by atoms with Crippen LogP contribution in [0.4, 0.5) is 8.78 Å². The number of aliphatic hydroxyl groups is 1. The van der Waals surface area contributed by atoms with Gasteiger partial charge in [0.1, 0.15) is 0 Å². The van der Waals surface area contributed by atoms with Crippen molar-refractivity contribution in [3.05, 3.63) is 0 Å². The molecular formula is C6H11F2NO. The molecule has 0 spiro atoms. The smallest absolute Gasteiger partial charge is 0.245 e. The second-order valence-corrected chi connectivity index (χ2v) is 2.79. The summed E-state index contributed by atoms with van der Waals surface area (Å²) in [5.74, 6) is -0.843. The highest BCUT2D eigenvalue weighted by Crippen LogP contribution is 2.21. The number of hydrogen-bond donors (Lipinski definition) is 1. The van der Waals surface area contributed by atoms with Crippen LogP contribution in [0.1, 0.15) is 0 Å². The Morgan fingerprint density at radius 3 is 2.30 bits per heavy atom. The summed E-state index contributed by atoms with van der Waals surface area (Å²) in [7, 11) is 1.73. The molecule has 60 valence electrons. The number of halogens is 2. The largest absolute Gasteiger partial charge is 0.391 e. The number of likely N-dealkylation sites (tertiary alicyclic amines) is 1. The molecule has 0 saturated carbocycles. The number of β-amino-alcohol motifs (C(OH)–C–C–N with tert-alkyl or cyclic N) is 1. The molecule has 1 aliphatic heterocycles. The van der Waals surface area contributed by atoms with Gasteiger partial charge in [-0.2, -0.15) is 0 Å². The molecule has 1 aliphatic rings. The summed E-state index contributed by atoms with van der Waals surface area (Å²) in [5, 5.41) is 9.01. The molecule has 1 N–H and O–H groups in total. The lowest BCUT2D eigenvalue weighted by molar-refractivity contribution is 0.0202. The Balaban J connectivity index is 2.46. The van der Waals surface area contributed by atoms with Crippen molar-refractivity contribution >= 4 is 0 Å². The summed E-state index contributed by atoms with van der Waals surface area (Å²) in [4.78, 5) is 1.71. The fourth-order valence-corrected chi connectivity index (χ4v) is 1.26. The summed E-state index contributed by atoms with van der Waals surface area (Å²) >= 11 is 0. The van der Waals surface area contributed by atoms with E-state index in [2.05, 4.69) is 0 Å². The van der Waals surface area contributed by atoms with E-state index in [1.54, 1.807) is 11.9 Å². The van der Waals surface area contributed by atoms with Gasteiger partial charge in [0.15, 0.2) is 0 Å². The molecule has 4 heteroatoms. The fourth-order valence-electron chi connectivity index (χ4n) is 1.26. The van der Waals surface area contributed by atoms with Crippen LogP contribution >= 0.6 is 0 Å². The van der Waals surface area contributed by atoms with Gasteiger partial charge in [-0.25, -0.2) is 8.78 Å². The molecule has 0 bridgehead atoms. The number of aliphatic hydroxyl groups excluding tert-OH is 1. The van der Waals surface area contributed by atoms with Gasteiger partial charge in [0.05, 0.1) is 12.0 Å². The van der Waals surface area contributed by atoms with Gasteiger partial charge in [-0.3, -0.25) is 0 Å². The SMILES string of the molecule is CN1CC(C(F)F)[C@H](O)C1. The van der Waals surface area contributed by atoms with Crippen LogP contribution in [0.5, 0.6) is 0 Å². The highest BCUT2D eigenvalue weighted by atomic mass is 19.3. The lowest BCUT2D eigenvalue weighted by Gasteiger charge is -2.10. The third-order valence-corrected chi connectivity index (χ3v) is 1.84. The van der Waals surface area contributed by atoms with Crippen LogP contribution in [-0.2, 0) is 0 Å². The maximum atomic E-state index is 12.0. The Labute approximate surface area is 58.4 Å². The van der Waals surface area contributed by atoms with E-state index in [0.29, 0.717) is 13.1 Å². The molecular weight excluding hydrogens is 140 g/mol. The maximum Gasteiger partial charge on any atom is 0.245 e. The van der Waals surface area contributed by atoms with Gasteiger partial charge < -0.3 is 10.0 Å². The summed E-state index contributed by atoms with van der Waals surface area (Å²) < 4.78 is 24.0. The van der Waals surface area contributed by atoms with Crippen molar-refractivity contribution in [1.82, 2.24) is 4.90 Å². The molecule has 1 rings (SSSR count). The Hall–Kier alpha value is -0.220. The number of nitrogens with zero attached hydrogens (tertiary/aromatic N) is 1. The number of hydrogen-bond acceptors (Lipinski definition) is 2. The zero-order valence-corrected chi connectivity index (χ0v) is 5.80. The van der Waals surface area contributed by atoms with Gasteiger partial charge in [0.25, 0.3) is 0 Å². The first-order valence-electron chi connectivity index (χ1n) is 3.26. The summed E-state index contributed by atoms with van der Waals surface area (Å²) in [6.45, 7) is 0.674. The minimum absolute atomic E-state index is 0.304. The van der Waals surface area contributed by atoms with Crippen molar-refractivity contribution in [2.75, 3.05) is 20.1 Å². The van der Waals surface area contributed by atoms with Crippen molar-refractivity contribution in [2.45, 2.75) is 12.5 Å². The van der Waals surface area contributed by atoms with E-state index in [4.69, 9.17) is 5.11 Å². The van der Waals surface area contributed by atoms with Gasteiger partial charge in [0, 0.05) is 13.1 Å². The lowest BCUT2D eigenvalue weighted by Crippen LogP contribution is -2.24. The van der Waals surface area contributed by atoms with E-state index >= 15 is 0 Å². The van der Waals surface area contributed by atoms with Gasteiger partial charge in [-0.15, -0.1) is 0 Å². The molecule has 1 unspecified atom stereocenters. The van der Waals surface area contributed by atoms with Crippen LogP contribution in [0, 0.1) is 5.92 Å². The van der Waals surface area contributed by atoms with E-state index in [9.17, 15) is 8.78 Å². The third-order valence-electron chi connectivity index (χ3n) is 1.84. The molecule has 0 aromatic carbocycles. The monoisotopic (exact) mass is 151 g/mol. The van der Waals surface area contributed by atoms with E-state index in [1.807, 2.05) is 0 Å². The number of rotatable bonds is 1. The maximum absolute atomic E-state index is 12.0. The second kappa shape index (κ2) is 2.80. The molecule has 0 aliphatic carbocycles. The van der Waals surface area contributed by atoms with E-state index in [0.717, 1.165) is 0 Å². The lowest BCUT2D eigenvalue weighted by atomic mass is 10.1. The van der Waals surface area contributed by atoms with Gasteiger partial charge >= 0.3 is 0 Å². The van der Waals surface area contributed by atoms with Crippen molar-refractivity contribution in [3.8, 4) is 0 Å². The summed E-state index contributed by atoms with van der Waals surface area (Å²) in [6.07, 6.45) is -3.23. The van der Waals surface area contributed by atoms with Gasteiger partial charge in [0.2, 0.25) is 6.43 Å². The molecule has 2 atom stereocenters. The zero-order chi connectivity index (χ0) is 7.72. The van der Waals surface area contributed by atoms with Gasteiger partial charge in [-0.05, 0) is 7.05 Å². The fraction of sp³-hybridized carbons (Fsp3) is 1.00. The normalized spacial score (nSPS) is 35.7. The summed E-state index contributed by atoms with van der Waals surface area (Å²) in [6, 6.07) is 0. The predicted molar refractivity (Wildman–Crippen MR) is 33.0 cm³/mol. The van der Waals surface area contributed by atoms with Crippen LogP contribution in [0.25, 0.3) is 0 Å². The topological polar surface area (TPSA) is 23.5 Å². The van der Waals surface area contributed by atoms with Crippen LogP contribution in [0.3, 0.4) is 0 Å². The molecule has 1 fully saturated rings. The van der Waals surface area contributed by atoms with Crippen molar-refractivity contribution < 1.29 is 13.9 Å².